The van der Waals surface area contributed by atoms with Crippen molar-refractivity contribution in [3.05, 3.63) is 29.6 Å². The maximum Gasteiger partial charge on any atom is 0.150 e. The van der Waals surface area contributed by atoms with Crippen LogP contribution in [-0.4, -0.2) is 11.3 Å². The molecule has 12 heavy (non-hydrogen) atoms. The van der Waals surface area contributed by atoms with Gasteiger partial charge in [0.15, 0.2) is 0 Å². The van der Waals surface area contributed by atoms with Crippen LogP contribution in [0.4, 0.5) is 0 Å². The minimum atomic E-state index is -0.0649. The Bertz CT molecular complexity index is 273. The number of nitrogens with zero attached hydrogens (tertiary/aromatic N) is 1. The highest BCUT2D eigenvalue weighted by molar-refractivity contribution is 5.74. The molecule has 64 valence electrons. The van der Waals surface area contributed by atoms with Crippen molar-refractivity contribution >= 4 is 6.29 Å². The molecule has 1 atom stereocenters. The van der Waals surface area contributed by atoms with Gasteiger partial charge in [0.05, 0.1) is 5.69 Å². The standard InChI is InChI=1S/C9H12N2O/c1-2-8(10)9-5-7(6-12)3-4-11-9/h3-6,8H,2,10H2,1H3/t8-/m1/s1. The van der Waals surface area contributed by atoms with Gasteiger partial charge in [-0.2, -0.15) is 0 Å². The Hall–Kier alpha value is -1.22. The van der Waals surface area contributed by atoms with Crippen molar-refractivity contribution in [2.45, 2.75) is 19.4 Å². The summed E-state index contributed by atoms with van der Waals surface area (Å²) in [5.74, 6) is 0. The first kappa shape index (κ1) is 8.87. The number of rotatable bonds is 3. The number of pyridine rings is 1. The quantitative estimate of drug-likeness (QED) is 0.685. The number of hydrogen-bond acceptors (Lipinski definition) is 3. The summed E-state index contributed by atoms with van der Waals surface area (Å²) in [7, 11) is 0. The van der Waals surface area contributed by atoms with Crippen molar-refractivity contribution in [1.82, 2.24) is 4.98 Å². The van der Waals surface area contributed by atoms with E-state index >= 15 is 0 Å². The normalized spacial score (nSPS) is 12.5. The second-order valence-corrected chi connectivity index (χ2v) is 2.65. The molecule has 0 fully saturated rings. The van der Waals surface area contributed by atoms with E-state index in [-0.39, 0.29) is 6.04 Å². The Kier molecular flexibility index (Phi) is 2.94. The number of carbonyl (C=O) groups is 1. The fourth-order valence-electron chi connectivity index (χ4n) is 0.951. The SMILES string of the molecule is CC[C@@H](N)c1cc(C=O)ccn1. The van der Waals surface area contributed by atoms with Crippen LogP contribution in [0.1, 0.15) is 35.4 Å². The zero-order valence-corrected chi connectivity index (χ0v) is 7.03. The first-order valence-corrected chi connectivity index (χ1v) is 3.94. The van der Waals surface area contributed by atoms with Crippen molar-refractivity contribution in [2.24, 2.45) is 5.73 Å². The molecule has 0 aliphatic rings. The summed E-state index contributed by atoms with van der Waals surface area (Å²) in [5, 5.41) is 0. The summed E-state index contributed by atoms with van der Waals surface area (Å²) < 4.78 is 0. The van der Waals surface area contributed by atoms with Crippen LogP contribution >= 0.6 is 0 Å². The highest BCUT2D eigenvalue weighted by atomic mass is 16.1. The molecule has 1 rings (SSSR count). The van der Waals surface area contributed by atoms with Gasteiger partial charge >= 0.3 is 0 Å². The van der Waals surface area contributed by atoms with E-state index in [9.17, 15) is 4.79 Å². The van der Waals surface area contributed by atoms with Crippen LogP contribution in [0.25, 0.3) is 0 Å². The predicted molar refractivity (Wildman–Crippen MR) is 46.8 cm³/mol. The molecule has 0 spiro atoms. The maximum atomic E-state index is 10.4. The fraction of sp³-hybridized carbons (Fsp3) is 0.333. The summed E-state index contributed by atoms with van der Waals surface area (Å²) >= 11 is 0. The van der Waals surface area contributed by atoms with Gasteiger partial charge in [0.25, 0.3) is 0 Å². The Labute approximate surface area is 71.6 Å². The summed E-state index contributed by atoms with van der Waals surface area (Å²) in [6, 6.07) is 3.32. The molecule has 0 saturated carbocycles. The van der Waals surface area contributed by atoms with E-state index in [1.807, 2.05) is 6.92 Å². The number of nitrogens with two attached hydrogens (primary N) is 1. The van der Waals surface area contributed by atoms with Crippen LogP contribution in [-0.2, 0) is 0 Å². The largest absolute Gasteiger partial charge is 0.323 e. The Balaban J connectivity index is 2.93. The Morgan fingerprint density at radius 1 is 1.75 bits per heavy atom. The van der Waals surface area contributed by atoms with Crippen LogP contribution < -0.4 is 5.73 Å². The number of aromatic nitrogens is 1. The molecular weight excluding hydrogens is 152 g/mol. The molecule has 3 nitrogen and oxygen atoms in total. The summed E-state index contributed by atoms with van der Waals surface area (Å²) in [6.07, 6.45) is 3.23. The van der Waals surface area contributed by atoms with Crippen LogP contribution in [0.3, 0.4) is 0 Å². The lowest BCUT2D eigenvalue weighted by Crippen LogP contribution is -2.10. The van der Waals surface area contributed by atoms with Crippen molar-refractivity contribution in [3.63, 3.8) is 0 Å². The molecule has 3 heteroatoms. The van der Waals surface area contributed by atoms with E-state index < -0.39 is 0 Å². The molecule has 0 unspecified atom stereocenters. The molecule has 0 radical (unpaired) electrons. The predicted octanol–water partition coefficient (Wildman–Crippen LogP) is 1.30. The average molecular weight is 164 g/mol. The summed E-state index contributed by atoms with van der Waals surface area (Å²) in [6.45, 7) is 1.99. The van der Waals surface area contributed by atoms with Crippen molar-refractivity contribution < 1.29 is 4.79 Å². The van der Waals surface area contributed by atoms with Gasteiger partial charge in [0, 0.05) is 17.8 Å². The van der Waals surface area contributed by atoms with Gasteiger partial charge in [0.1, 0.15) is 6.29 Å². The van der Waals surface area contributed by atoms with Crippen LogP contribution in [0.15, 0.2) is 18.3 Å². The topological polar surface area (TPSA) is 56.0 Å². The van der Waals surface area contributed by atoms with E-state index in [4.69, 9.17) is 5.73 Å². The lowest BCUT2D eigenvalue weighted by Gasteiger charge is -2.07. The molecular formula is C9H12N2O. The Morgan fingerprint density at radius 3 is 3.08 bits per heavy atom. The second-order valence-electron chi connectivity index (χ2n) is 2.65. The molecule has 1 aromatic heterocycles. The molecule has 1 heterocycles. The van der Waals surface area contributed by atoms with Gasteiger partial charge in [-0.3, -0.25) is 9.78 Å². The third kappa shape index (κ3) is 1.89. The minimum absolute atomic E-state index is 0.0649. The lowest BCUT2D eigenvalue weighted by molar-refractivity contribution is 0.112. The van der Waals surface area contributed by atoms with E-state index in [0.29, 0.717) is 5.56 Å². The zero-order valence-electron chi connectivity index (χ0n) is 7.03. The van der Waals surface area contributed by atoms with Crippen LogP contribution in [0.2, 0.25) is 0 Å². The van der Waals surface area contributed by atoms with Crippen molar-refractivity contribution in [3.8, 4) is 0 Å². The summed E-state index contributed by atoms with van der Waals surface area (Å²) in [4.78, 5) is 14.5. The van der Waals surface area contributed by atoms with E-state index in [1.165, 1.54) is 0 Å². The molecule has 2 N–H and O–H groups in total. The molecule has 0 bridgehead atoms. The molecule has 0 aliphatic heterocycles. The van der Waals surface area contributed by atoms with Gasteiger partial charge in [-0.25, -0.2) is 0 Å². The third-order valence-electron chi connectivity index (χ3n) is 1.76. The molecule has 0 amide bonds. The van der Waals surface area contributed by atoms with Gasteiger partial charge < -0.3 is 5.73 Å². The lowest BCUT2D eigenvalue weighted by atomic mass is 10.1. The average Bonchev–Trinajstić information content (AvgIpc) is 2.17. The monoisotopic (exact) mass is 164 g/mol. The second kappa shape index (κ2) is 3.97. The summed E-state index contributed by atoms with van der Waals surface area (Å²) in [5.41, 5.74) is 7.15. The number of aldehydes is 1. The molecule has 0 aliphatic carbocycles. The zero-order chi connectivity index (χ0) is 8.97. The molecule has 0 saturated heterocycles. The van der Waals surface area contributed by atoms with Gasteiger partial charge in [-0.1, -0.05) is 6.92 Å². The van der Waals surface area contributed by atoms with E-state index in [1.54, 1.807) is 18.3 Å². The van der Waals surface area contributed by atoms with Crippen molar-refractivity contribution in [2.75, 3.05) is 0 Å². The van der Waals surface area contributed by atoms with Crippen molar-refractivity contribution in [1.29, 1.82) is 0 Å². The highest BCUT2D eigenvalue weighted by Crippen LogP contribution is 2.10. The smallest absolute Gasteiger partial charge is 0.150 e. The maximum absolute atomic E-state index is 10.4. The van der Waals surface area contributed by atoms with E-state index in [2.05, 4.69) is 4.98 Å². The van der Waals surface area contributed by atoms with Crippen LogP contribution in [0.5, 0.6) is 0 Å². The fourth-order valence-corrected chi connectivity index (χ4v) is 0.951. The molecule has 1 aromatic rings. The Morgan fingerprint density at radius 2 is 2.50 bits per heavy atom. The van der Waals surface area contributed by atoms with Crippen LogP contribution in [0, 0.1) is 0 Å². The highest BCUT2D eigenvalue weighted by Gasteiger charge is 2.04. The number of hydrogen-bond donors (Lipinski definition) is 1. The first-order chi connectivity index (χ1) is 5.77. The van der Waals surface area contributed by atoms with Gasteiger partial charge in [-0.05, 0) is 18.6 Å². The first-order valence-electron chi connectivity index (χ1n) is 3.94. The van der Waals surface area contributed by atoms with Gasteiger partial charge in [-0.15, -0.1) is 0 Å². The molecule has 0 aromatic carbocycles. The third-order valence-corrected chi connectivity index (χ3v) is 1.76. The minimum Gasteiger partial charge on any atom is -0.323 e. The van der Waals surface area contributed by atoms with E-state index in [0.717, 1.165) is 18.4 Å². The van der Waals surface area contributed by atoms with Gasteiger partial charge in [0.2, 0.25) is 0 Å². The number of carbonyl (C=O) groups excluding carboxylic acids is 1.